The number of aromatic nitrogens is 1. The lowest BCUT2D eigenvalue weighted by Crippen LogP contribution is -2.36. The summed E-state index contributed by atoms with van der Waals surface area (Å²) in [4.78, 5) is 20.5. The Hall–Kier alpha value is -3.86. The molecular weight excluding hydrogens is 516 g/mol. The maximum Gasteiger partial charge on any atom is 0.300 e. The zero-order valence-corrected chi connectivity index (χ0v) is 22.9. The summed E-state index contributed by atoms with van der Waals surface area (Å²) < 4.78 is 41.7. The number of halogens is 2. The fraction of sp³-hybridized carbons (Fsp3) is 0.333. The molecule has 4 aromatic rings. The van der Waals surface area contributed by atoms with Crippen LogP contribution in [-0.4, -0.2) is 67.6 Å². The Kier molecular flexibility index (Phi) is 8.11. The van der Waals surface area contributed by atoms with E-state index in [1.54, 1.807) is 30.3 Å². The summed E-state index contributed by atoms with van der Waals surface area (Å²) in [5.41, 5.74) is 10.4. The van der Waals surface area contributed by atoms with E-state index in [0.29, 0.717) is 60.5 Å². The van der Waals surface area contributed by atoms with Gasteiger partial charge < -0.3 is 25.1 Å². The third kappa shape index (κ3) is 5.84. The second-order valence-electron chi connectivity index (χ2n) is 10.3. The van der Waals surface area contributed by atoms with Crippen LogP contribution in [0, 0.1) is 18.6 Å². The standard InChI is InChI=1S/C30H33F2N5O3/c1-18-20(9-10-36(2)3)26(8-7-21(18)29(33)38)34-30-35-27-6-4-5-22(28(27)40-30)19-15-24(31)23(25(32)16-19)17-37-11-13-39-14-12-37/h4-8,15-16H,9-14,17H2,1-3H3,(H2,33,38)(H,34,35). The van der Waals surface area contributed by atoms with Gasteiger partial charge in [0.05, 0.1) is 13.2 Å². The highest BCUT2D eigenvalue weighted by atomic mass is 19.1. The van der Waals surface area contributed by atoms with E-state index in [1.807, 2.05) is 25.9 Å². The molecule has 3 N–H and O–H groups in total. The normalized spacial score (nSPS) is 14.2. The Morgan fingerprint density at radius 3 is 2.50 bits per heavy atom. The molecule has 1 amide bonds. The number of benzene rings is 3. The molecular formula is C30H33F2N5O3. The molecule has 3 aromatic carbocycles. The number of nitrogens with one attached hydrogen (secondary N) is 1. The second-order valence-corrected chi connectivity index (χ2v) is 10.3. The van der Waals surface area contributed by atoms with Crippen LogP contribution >= 0.6 is 0 Å². The largest absolute Gasteiger partial charge is 0.423 e. The number of nitrogens with zero attached hydrogens (tertiary/aromatic N) is 3. The first kappa shape index (κ1) is 27.7. The van der Waals surface area contributed by atoms with Gasteiger partial charge in [0.1, 0.15) is 17.2 Å². The maximum atomic E-state index is 15.2. The average molecular weight is 550 g/mol. The molecule has 0 aliphatic carbocycles. The zero-order valence-electron chi connectivity index (χ0n) is 22.9. The van der Waals surface area contributed by atoms with Gasteiger partial charge in [-0.3, -0.25) is 9.69 Å². The lowest BCUT2D eigenvalue weighted by molar-refractivity contribution is 0.0332. The van der Waals surface area contributed by atoms with Crippen LogP contribution in [0.25, 0.3) is 22.2 Å². The van der Waals surface area contributed by atoms with Crippen LogP contribution in [0.5, 0.6) is 0 Å². The first-order valence-corrected chi connectivity index (χ1v) is 13.2. The van der Waals surface area contributed by atoms with Gasteiger partial charge in [-0.15, -0.1) is 0 Å². The van der Waals surface area contributed by atoms with Crippen molar-refractivity contribution in [3.05, 3.63) is 76.4 Å². The Morgan fingerprint density at radius 1 is 1.10 bits per heavy atom. The number of likely N-dealkylation sites (N-methyl/N-ethyl adjacent to an activating group) is 1. The van der Waals surface area contributed by atoms with Crippen molar-refractivity contribution in [2.45, 2.75) is 19.9 Å². The lowest BCUT2D eigenvalue weighted by atomic mass is 9.97. The third-order valence-electron chi connectivity index (χ3n) is 7.27. The molecule has 10 heteroatoms. The molecule has 0 bridgehead atoms. The number of primary amides is 1. The van der Waals surface area contributed by atoms with E-state index < -0.39 is 17.5 Å². The van der Waals surface area contributed by atoms with Gasteiger partial charge in [-0.25, -0.2) is 8.78 Å². The van der Waals surface area contributed by atoms with E-state index in [-0.39, 0.29) is 18.1 Å². The van der Waals surface area contributed by atoms with E-state index in [4.69, 9.17) is 14.9 Å². The van der Waals surface area contributed by atoms with E-state index in [1.165, 1.54) is 12.1 Å². The molecule has 0 atom stereocenters. The van der Waals surface area contributed by atoms with Crippen LogP contribution in [0.15, 0.2) is 46.9 Å². The van der Waals surface area contributed by atoms with Gasteiger partial charge in [0, 0.05) is 48.6 Å². The fourth-order valence-corrected chi connectivity index (χ4v) is 5.04. The van der Waals surface area contributed by atoms with Crippen LogP contribution in [0.4, 0.5) is 20.5 Å². The molecule has 2 heterocycles. The number of ether oxygens (including phenoxy) is 1. The first-order valence-electron chi connectivity index (χ1n) is 13.2. The molecule has 40 heavy (non-hydrogen) atoms. The summed E-state index contributed by atoms with van der Waals surface area (Å²) in [5.74, 6) is -1.70. The molecule has 0 saturated carbocycles. The molecule has 0 unspecified atom stereocenters. The minimum Gasteiger partial charge on any atom is -0.423 e. The van der Waals surface area contributed by atoms with Crippen LogP contribution < -0.4 is 11.1 Å². The minimum atomic E-state index is -0.605. The molecule has 1 fully saturated rings. The highest BCUT2D eigenvalue weighted by Gasteiger charge is 2.20. The van der Waals surface area contributed by atoms with E-state index in [0.717, 1.165) is 23.4 Å². The molecule has 8 nitrogen and oxygen atoms in total. The van der Waals surface area contributed by atoms with E-state index in [2.05, 4.69) is 15.2 Å². The number of nitrogens with two attached hydrogens (primary N) is 1. The van der Waals surface area contributed by atoms with Crippen molar-refractivity contribution < 1.29 is 22.7 Å². The Bertz CT molecular complexity index is 1520. The van der Waals surface area contributed by atoms with Crippen molar-refractivity contribution in [1.82, 2.24) is 14.8 Å². The number of hydrogen-bond acceptors (Lipinski definition) is 7. The number of hydrogen-bond donors (Lipinski definition) is 2. The van der Waals surface area contributed by atoms with Crippen LogP contribution in [0.1, 0.15) is 27.0 Å². The van der Waals surface area contributed by atoms with Gasteiger partial charge >= 0.3 is 0 Å². The quantitative estimate of drug-likeness (QED) is 0.308. The predicted molar refractivity (Wildman–Crippen MR) is 151 cm³/mol. The summed E-state index contributed by atoms with van der Waals surface area (Å²) in [6, 6.07) is 11.7. The Morgan fingerprint density at radius 2 is 1.82 bits per heavy atom. The van der Waals surface area contributed by atoms with Gasteiger partial charge in [-0.05, 0) is 74.5 Å². The smallest absolute Gasteiger partial charge is 0.300 e. The van der Waals surface area contributed by atoms with Crippen molar-refractivity contribution >= 4 is 28.7 Å². The fourth-order valence-electron chi connectivity index (χ4n) is 5.04. The van der Waals surface area contributed by atoms with Crippen molar-refractivity contribution in [2.75, 3.05) is 52.3 Å². The number of anilines is 2. The van der Waals surface area contributed by atoms with Crippen LogP contribution in [-0.2, 0) is 17.7 Å². The number of oxazole rings is 1. The molecule has 0 radical (unpaired) electrons. The lowest BCUT2D eigenvalue weighted by Gasteiger charge is -2.26. The number of morpholine rings is 1. The average Bonchev–Trinajstić information content (AvgIpc) is 3.33. The van der Waals surface area contributed by atoms with Gasteiger partial charge in [0.2, 0.25) is 5.91 Å². The topological polar surface area (TPSA) is 96.9 Å². The third-order valence-corrected chi connectivity index (χ3v) is 7.27. The van der Waals surface area contributed by atoms with Crippen molar-refractivity contribution in [3.8, 4) is 11.1 Å². The highest BCUT2D eigenvalue weighted by Crippen LogP contribution is 2.34. The summed E-state index contributed by atoms with van der Waals surface area (Å²) >= 11 is 0. The van der Waals surface area contributed by atoms with E-state index in [9.17, 15) is 4.79 Å². The minimum absolute atomic E-state index is 0.0396. The molecule has 210 valence electrons. The number of para-hydroxylation sites is 1. The second kappa shape index (κ2) is 11.7. The van der Waals surface area contributed by atoms with Gasteiger partial charge in [0.15, 0.2) is 5.58 Å². The van der Waals surface area contributed by atoms with Gasteiger partial charge in [-0.2, -0.15) is 4.98 Å². The van der Waals surface area contributed by atoms with Gasteiger partial charge in [-0.1, -0.05) is 12.1 Å². The number of amides is 1. The number of carbonyl (C=O) groups is 1. The predicted octanol–water partition coefficient (Wildman–Crippen LogP) is 4.86. The monoisotopic (exact) mass is 549 g/mol. The molecule has 1 aliphatic heterocycles. The zero-order chi connectivity index (χ0) is 28.4. The SMILES string of the molecule is Cc1c(C(N)=O)ccc(Nc2nc3cccc(-c4cc(F)c(CN5CCOCC5)c(F)c4)c3o2)c1CCN(C)C. The van der Waals surface area contributed by atoms with Crippen LogP contribution in [0.2, 0.25) is 0 Å². The number of rotatable bonds is 9. The maximum absolute atomic E-state index is 15.2. The number of carbonyl (C=O) groups excluding carboxylic acids is 1. The number of fused-ring (bicyclic) bond motifs is 1. The Balaban J connectivity index is 1.47. The van der Waals surface area contributed by atoms with Crippen molar-refractivity contribution in [1.29, 1.82) is 0 Å². The van der Waals surface area contributed by atoms with E-state index >= 15 is 8.78 Å². The summed E-state index contributed by atoms with van der Waals surface area (Å²) in [5, 5.41) is 3.24. The summed E-state index contributed by atoms with van der Waals surface area (Å²) in [6.45, 7) is 5.19. The van der Waals surface area contributed by atoms with Gasteiger partial charge in [0.25, 0.3) is 6.01 Å². The molecule has 1 aliphatic rings. The summed E-state index contributed by atoms with van der Waals surface area (Å²) in [7, 11) is 3.95. The Labute approximate surface area is 231 Å². The molecule has 1 aromatic heterocycles. The van der Waals surface area contributed by atoms with Crippen molar-refractivity contribution in [3.63, 3.8) is 0 Å². The van der Waals surface area contributed by atoms with Crippen LogP contribution in [0.3, 0.4) is 0 Å². The molecule has 0 spiro atoms. The molecule has 5 rings (SSSR count). The highest BCUT2D eigenvalue weighted by molar-refractivity contribution is 5.95. The first-order chi connectivity index (χ1) is 19.2. The van der Waals surface area contributed by atoms with Crippen molar-refractivity contribution in [2.24, 2.45) is 5.73 Å². The molecule has 1 saturated heterocycles. The summed E-state index contributed by atoms with van der Waals surface area (Å²) in [6.07, 6.45) is 0.670.